The molecule has 2 unspecified atom stereocenters. The topological polar surface area (TPSA) is 47.3 Å². The van der Waals surface area contributed by atoms with Gasteiger partial charge in [-0.05, 0) is 26.2 Å². The van der Waals surface area contributed by atoms with Gasteiger partial charge in [-0.2, -0.15) is 5.26 Å². The maximum absolute atomic E-state index is 12.4. The second-order valence-electron chi connectivity index (χ2n) is 5.64. The zero-order valence-corrected chi connectivity index (χ0v) is 11.4. The Morgan fingerprint density at radius 2 is 2.00 bits per heavy atom. The van der Waals surface area contributed by atoms with Gasteiger partial charge in [0.15, 0.2) is 0 Å². The minimum atomic E-state index is -0.215. The number of hydrogen-bond donors (Lipinski definition) is 0. The summed E-state index contributed by atoms with van der Waals surface area (Å²) in [6.45, 7) is 3.05. The van der Waals surface area contributed by atoms with Crippen molar-refractivity contribution < 1.29 is 4.79 Å². The van der Waals surface area contributed by atoms with Crippen molar-refractivity contribution >= 4 is 5.91 Å². The third-order valence-electron chi connectivity index (χ3n) is 4.58. The minimum Gasteiger partial charge on any atom is -0.342 e. The minimum absolute atomic E-state index is 0.133. The van der Waals surface area contributed by atoms with E-state index in [1.807, 2.05) is 11.9 Å². The first kappa shape index (κ1) is 13.4. The number of likely N-dealkylation sites (N-methyl/N-ethyl adjacent to an activating group) is 1. The molecule has 100 valence electrons. The second kappa shape index (κ2) is 5.71. The zero-order chi connectivity index (χ0) is 13.1. The van der Waals surface area contributed by atoms with Crippen LogP contribution in [0, 0.1) is 11.3 Å². The number of amides is 1. The second-order valence-corrected chi connectivity index (χ2v) is 5.64. The molecule has 0 aromatic rings. The lowest BCUT2D eigenvalue weighted by Gasteiger charge is -2.33. The molecule has 1 aliphatic carbocycles. The van der Waals surface area contributed by atoms with Gasteiger partial charge in [0.05, 0.1) is 12.5 Å². The normalized spacial score (nSPS) is 31.4. The summed E-state index contributed by atoms with van der Waals surface area (Å²) in [5.41, 5.74) is 0. The molecular weight excluding hydrogens is 226 g/mol. The van der Waals surface area contributed by atoms with Gasteiger partial charge in [-0.1, -0.05) is 12.8 Å². The lowest BCUT2D eigenvalue weighted by Crippen LogP contribution is -2.49. The molecule has 2 fully saturated rings. The molecule has 18 heavy (non-hydrogen) atoms. The third-order valence-corrected chi connectivity index (χ3v) is 4.58. The van der Waals surface area contributed by atoms with Crippen LogP contribution in [0.25, 0.3) is 0 Å². The van der Waals surface area contributed by atoms with Crippen molar-refractivity contribution in [2.45, 2.75) is 63.6 Å². The first-order chi connectivity index (χ1) is 8.65. The van der Waals surface area contributed by atoms with Crippen molar-refractivity contribution in [3.05, 3.63) is 0 Å². The Hall–Kier alpha value is -1.08. The molecule has 2 atom stereocenters. The fourth-order valence-corrected chi connectivity index (χ4v) is 3.24. The van der Waals surface area contributed by atoms with Crippen LogP contribution in [0.1, 0.15) is 45.4 Å². The van der Waals surface area contributed by atoms with E-state index < -0.39 is 0 Å². The highest BCUT2D eigenvalue weighted by molar-refractivity contribution is 5.82. The maximum Gasteiger partial charge on any atom is 0.240 e. The smallest absolute Gasteiger partial charge is 0.240 e. The molecule has 2 rings (SSSR count). The van der Waals surface area contributed by atoms with Gasteiger partial charge in [0, 0.05) is 25.7 Å². The van der Waals surface area contributed by atoms with Crippen molar-refractivity contribution in [3.63, 3.8) is 0 Å². The van der Waals surface area contributed by atoms with Crippen molar-refractivity contribution in [3.8, 4) is 6.07 Å². The Morgan fingerprint density at radius 3 is 2.61 bits per heavy atom. The summed E-state index contributed by atoms with van der Waals surface area (Å²) in [6, 6.07) is 2.78. The quantitative estimate of drug-likeness (QED) is 0.749. The Balaban J connectivity index is 2.19. The van der Waals surface area contributed by atoms with Crippen LogP contribution in [0.5, 0.6) is 0 Å². The van der Waals surface area contributed by atoms with Gasteiger partial charge in [0.1, 0.15) is 6.04 Å². The van der Waals surface area contributed by atoms with Crippen molar-refractivity contribution in [2.75, 3.05) is 13.6 Å². The van der Waals surface area contributed by atoms with Gasteiger partial charge >= 0.3 is 0 Å². The third kappa shape index (κ3) is 2.51. The number of nitriles is 1. The van der Waals surface area contributed by atoms with Gasteiger partial charge in [0.25, 0.3) is 0 Å². The predicted molar refractivity (Wildman–Crippen MR) is 69.8 cm³/mol. The fourth-order valence-electron chi connectivity index (χ4n) is 3.24. The maximum atomic E-state index is 12.4. The molecule has 1 saturated carbocycles. The predicted octanol–water partition coefficient (Wildman–Crippen LogP) is 1.76. The van der Waals surface area contributed by atoms with Crippen molar-refractivity contribution in [2.24, 2.45) is 0 Å². The molecule has 1 heterocycles. The SMILES string of the molecule is CC1CCN(C2CCCC2)C(CC#N)C(=O)N1C. The highest BCUT2D eigenvalue weighted by Gasteiger charge is 2.37. The average Bonchev–Trinajstić information content (AvgIpc) is 2.86. The van der Waals surface area contributed by atoms with E-state index in [1.165, 1.54) is 25.7 Å². The monoisotopic (exact) mass is 249 g/mol. The highest BCUT2D eigenvalue weighted by Crippen LogP contribution is 2.29. The van der Waals surface area contributed by atoms with Gasteiger partial charge < -0.3 is 4.90 Å². The molecule has 0 bridgehead atoms. The van der Waals surface area contributed by atoms with Crippen LogP contribution < -0.4 is 0 Å². The van der Waals surface area contributed by atoms with Crippen LogP contribution in [0.4, 0.5) is 0 Å². The summed E-state index contributed by atoms with van der Waals surface area (Å²) in [4.78, 5) is 16.6. The van der Waals surface area contributed by atoms with E-state index in [9.17, 15) is 4.79 Å². The highest BCUT2D eigenvalue weighted by atomic mass is 16.2. The molecule has 0 radical (unpaired) electrons. The van der Waals surface area contributed by atoms with E-state index in [0.29, 0.717) is 12.5 Å². The van der Waals surface area contributed by atoms with E-state index >= 15 is 0 Å². The standard InChI is InChI=1S/C14H23N3O/c1-11-8-10-17(12-5-3-4-6-12)13(7-9-15)14(18)16(11)2/h11-13H,3-8,10H2,1-2H3. The summed E-state index contributed by atoms with van der Waals surface area (Å²) in [5.74, 6) is 0.133. The van der Waals surface area contributed by atoms with E-state index in [1.54, 1.807) is 0 Å². The largest absolute Gasteiger partial charge is 0.342 e. The summed E-state index contributed by atoms with van der Waals surface area (Å²) in [7, 11) is 1.87. The van der Waals surface area contributed by atoms with Gasteiger partial charge in [-0.15, -0.1) is 0 Å². The summed E-state index contributed by atoms with van der Waals surface area (Å²) >= 11 is 0. The van der Waals surface area contributed by atoms with E-state index in [-0.39, 0.29) is 18.0 Å². The molecule has 4 nitrogen and oxygen atoms in total. The number of carbonyl (C=O) groups excluding carboxylic acids is 1. The summed E-state index contributed by atoms with van der Waals surface area (Å²) in [5, 5.41) is 8.99. The lowest BCUT2D eigenvalue weighted by atomic mass is 10.1. The molecule has 0 spiro atoms. The molecule has 0 aromatic heterocycles. The number of hydrogen-bond acceptors (Lipinski definition) is 3. The Kier molecular flexibility index (Phi) is 4.23. The molecular formula is C14H23N3O. The lowest BCUT2D eigenvalue weighted by molar-refractivity contribution is -0.136. The van der Waals surface area contributed by atoms with E-state index in [4.69, 9.17) is 5.26 Å². The fraction of sp³-hybridized carbons (Fsp3) is 0.857. The molecule has 1 aliphatic heterocycles. The summed E-state index contributed by atoms with van der Waals surface area (Å²) in [6.07, 6.45) is 6.24. The zero-order valence-electron chi connectivity index (χ0n) is 11.4. The Labute approximate surface area is 110 Å². The number of carbonyl (C=O) groups is 1. The van der Waals surface area contributed by atoms with Gasteiger partial charge in [-0.3, -0.25) is 9.69 Å². The molecule has 1 amide bonds. The average molecular weight is 249 g/mol. The Bertz CT molecular complexity index is 343. The number of nitrogens with zero attached hydrogens (tertiary/aromatic N) is 3. The van der Waals surface area contributed by atoms with E-state index in [0.717, 1.165) is 13.0 Å². The number of rotatable bonds is 2. The van der Waals surface area contributed by atoms with Crippen LogP contribution in [0.3, 0.4) is 0 Å². The van der Waals surface area contributed by atoms with Crippen LogP contribution in [0.2, 0.25) is 0 Å². The molecule has 0 N–H and O–H groups in total. The van der Waals surface area contributed by atoms with Gasteiger partial charge in [-0.25, -0.2) is 0 Å². The molecule has 0 aromatic carbocycles. The first-order valence-corrected chi connectivity index (χ1v) is 7.04. The Morgan fingerprint density at radius 1 is 1.33 bits per heavy atom. The summed E-state index contributed by atoms with van der Waals surface area (Å²) < 4.78 is 0. The van der Waals surface area contributed by atoms with Crippen LogP contribution >= 0.6 is 0 Å². The first-order valence-electron chi connectivity index (χ1n) is 7.04. The molecule has 4 heteroatoms. The van der Waals surface area contributed by atoms with Gasteiger partial charge in [0.2, 0.25) is 5.91 Å². The van der Waals surface area contributed by atoms with Crippen LogP contribution in [-0.4, -0.2) is 47.4 Å². The van der Waals surface area contributed by atoms with Crippen LogP contribution in [0.15, 0.2) is 0 Å². The van der Waals surface area contributed by atoms with Crippen molar-refractivity contribution in [1.82, 2.24) is 9.80 Å². The van der Waals surface area contributed by atoms with Crippen LogP contribution in [-0.2, 0) is 4.79 Å². The molecule has 1 saturated heterocycles. The molecule has 2 aliphatic rings. The van der Waals surface area contributed by atoms with Crippen molar-refractivity contribution in [1.29, 1.82) is 5.26 Å². The van der Waals surface area contributed by atoms with E-state index in [2.05, 4.69) is 17.9 Å².